The lowest BCUT2D eigenvalue weighted by Gasteiger charge is -2.30. The van der Waals surface area contributed by atoms with E-state index in [0.29, 0.717) is 0 Å². The van der Waals surface area contributed by atoms with Crippen LogP contribution in [0.4, 0.5) is 0 Å². The van der Waals surface area contributed by atoms with Gasteiger partial charge in [-0.15, -0.1) is 0 Å². The van der Waals surface area contributed by atoms with Crippen LogP contribution in [0.5, 0.6) is 0 Å². The number of nitrogens with one attached hydrogen (secondary N) is 1. The van der Waals surface area contributed by atoms with Gasteiger partial charge in [-0.1, -0.05) is 23.7 Å². The van der Waals surface area contributed by atoms with Crippen molar-refractivity contribution in [3.63, 3.8) is 0 Å². The molecule has 0 spiro atoms. The van der Waals surface area contributed by atoms with Gasteiger partial charge in [-0.3, -0.25) is 4.90 Å². The molecule has 2 nitrogen and oxygen atoms in total. The number of hydrogen-bond acceptors (Lipinski definition) is 2. The first kappa shape index (κ1) is 13.4. The quantitative estimate of drug-likeness (QED) is 0.889. The average molecular weight is 279 g/mol. The molecule has 3 heteroatoms. The zero-order valence-electron chi connectivity index (χ0n) is 11.4. The molecule has 1 heterocycles. The summed E-state index contributed by atoms with van der Waals surface area (Å²) in [5.41, 5.74) is 1.35. The average Bonchev–Trinajstić information content (AvgIpc) is 3.23. The third-order valence-corrected chi connectivity index (χ3v) is 4.52. The van der Waals surface area contributed by atoms with Crippen LogP contribution in [0.25, 0.3) is 0 Å². The molecular formula is C16H23ClN2. The molecule has 0 aromatic heterocycles. The molecule has 2 aliphatic rings. The third-order valence-electron chi connectivity index (χ3n) is 4.29. The van der Waals surface area contributed by atoms with E-state index in [0.717, 1.165) is 23.5 Å². The van der Waals surface area contributed by atoms with E-state index in [1.54, 1.807) is 0 Å². The molecular weight excluding hydrogens is 256 g/mol. The number of benzene rings is 1. The Balaban J connectivity index is 1.60. The van der Waals surface area contributed by atoms with Crippen molar-refractivity contribution in [3.8, 4) is 0 Å². The van der Waals surface area contributed by atoms with Crippen LogP contribution in [0, 0.1) is 5.92 Å². The van der Waals surface area contributed by atoms with Crippen LogP contribution in [-0.4, -0.2) is 30.6 Å². The van der Waals surface area contributed by atoms with Crippen molar-refractivity contribution in [2.75, 3.05) is 19.6 Å². The van der Waals surface area contributed by atoms with E-state index in [4.69, 9.17) is 11.6 Å². The number of halogens is 1. The second kappa shape index (κ2) is 6.25. The highest BCUT2D eigenvalue weighted by molar-refractivity contribution is 6.30. The number of nitrogens with zero attached hydrogens (tertiary/aromatic N) is 1. The zero-order chi connectivity index (χ0) is 13.1. The van der Waals surface area contributed by atoms with Crippen molar-refractivity contribution in [1.82, 2.24) is 10.2 Å². The summed E-state index contributed by atoms with van der Waals surface area (Å²) in [4.78, 5) is 2.68. The Labute approximate surface area is 121 Å². The first-order chi connectivity index (χ1) is 9.31. The van der Waals surface area contributed by atoms with Crippen LogP contribution >= 0.6 is 11.6 Å². The summed E-state index contributed by atoms with van der Waals surface area (Å²) in [7, 11) is 0. The highest BCUT2D eigenvalue weighted by Gasteiger charge is 2.30. The first-order valence-electron chi connectivity index (χ1n) is 7.50. The van der Waals surface area contributed by atoms with E-state index >= 15 is 0 Å². The molecule has 1 saturated heterocycles. The summed E-state index contributed by atoms with van der Waals surface area (Å²) in [6.45, 7) is 4.72. The molecule has 0 radical (unpaired) electrons. The van der Waals surface area contributed by atoms with E-state index in [1.165, 1.54) is 50.9 Å². The van der Waals surface area contributed by atoms with E-state index in [9.17, 15) is 0 Å². The lowest BCUT2D eigenvalue weighted by Crippen LogP contribution is -2.37. The van der Waals surface area contributed by atoms with Crippen molar-refractivity contribution in [2.45, 2.75) is 38.3 Å². The lowest BCUT2D eigenvalue weighted by atomic mass is 9.97. The maximum absolute atomic E-state index is 6.09. The van der Waals surface area contributed by atoms with Crippen molar-refractivity contribution < 1.29 is 0 Å². The van der Waals surface area contributed by atoms with Gasteiger partial charge in [-0.05, 0) is 62.4 Å². The first-order valence-corrected chi connectivity index (χ1v) is 7.88. The van der Waals surface area contributed by atoms with Crippen molar-refractivity contribution in [2.24, 2.45) is 5.92 Å². The van der Waals surface area contributed by atoms with E-state index in [1.807, 2.05) is 6.07 Å². The summed E-state index contributed by atoms with van der Waals surface area (Å²) >= 11 is 6.09. The molecule has 1 aliphatic heterocycles. The molecule has 1 aromatic carbocycles. The van der Waals surface area contributed by atoms with Gasteiger partial charge in [-0.25, -0.2) is 0 Å². The SMILES string of the molecule is Clc1cccc(CN(CC2CCNCC2)C2CC2)c1. The second-order valence-electron chi connectivity index (χ2n) is 5.98. The van der Waals surface area contributed by atoms with E-state index < -0.39 is 0 Å². The van der Waals surface area contributed by atoms with Crippen LogP contribution in [-0.2, 0) is 6.54 Å². The highest BCUT2D eigenvalue weighted by Crippen LogP contribution is 2.30. The highest BCUT2D eigenvalue weighted by atomic mass is 35.5. The van der Waals surface area contributed by atoms with E-state index in [2.05, 4.69) is 28.4 Å². The van der Waals surface area contributed by atoms with Crippen LogP contribution in [0.15, 0.2) is 24.3 Å². The van der Waals surface area contributed by atoms with Gasteiger partial charge >= 0.3 is 0 Å². The van der Waals surface area contributed by atoms with Crippen molar-refractivity contribution in [3.05, 3.63) is 34.9 Å². The molecule has 0 amide bonds. The maximum Gasteiger partial charge on any atom is 0.0409 e. The molecule has 1 aliphatic carbocycles. The number of hydrogen-bond donors (Lipinski definition) is 1. The van der Waals surface area contributed by atoms with Gasteiger partial charge in [0.25, 0.3) is 0 Å². The fourth-order valence-electron chi connectivity index (χ4n) is 3.05. The van der Waals surface area contributed by atoms with Gasteiger partial charge < -0.3 is 5.32 Å². The molecule has 1 aromatic rings. The summed E-state index contributed by atoms with van der Waals surface area (Å²) in [6, 6.07) is 9.16. The fourth-order valence-corrected chi connectivity index (χ4v) is 3.26. The fraction of sp³-hybridized carbons (Fsp3) is 0.625. The molecule has 0 bridgehead atoms. The minimum atomic E-state index is 0.828. The van der Waals surface area contributed by atoms with Gasteiger partial charge in [-0.2, -0.15) is 0 Å². The Morgan fingerprint density at radius 3 is 2.63 bits per heavy atom. The normalized spacial score (nSPS) is 20.9. The van der Waals surface area contributed by atoms with Crippen molar-refractivity contribution >= 4 is 11.6 Å². The smallest absolute Gasteiger partial charge is 0.0409 e. The molecule has 0 unspecified atom stereocenters. The van der Waals surface area contributed by atoms with Crippen LogP contribution in [0.3, 0.4) is 0 Å². The van der Waals surface area contributed by atoms with Gasteiger partial charge in [0, 0.05) is 24.2 Å². The molecule has 19 heavy (non-hydrogen) atoms. The molecule has 2 fully saturated rings. The summed E-state index contributed by atoms with van der Waals surface area (Å²) in [5, 5.41) is 4.31. The summed E-state index contributed by atoms with van der Waals surface area (Å²) in [6.07, 6.45) is 5.43. The largest absolute Gasteiger partial charge is 0.317 e. The predicted molar refractivity (Wildman–Crippen MR) is 80.5 cm³/mol. The molecule has 1 saturated carbocycles. The minimum Gasteiger partial charge on any atom is -0.317 e. The standard InChI is InChI=1S/C16H23ClN2/c17-15-3-1-2-14(10-15)12-19(16-4-5-16)11-13-6-8-18-9-7-13/h1-3,10,13,16,18H,4-9,11-12H2. The maximum atomic E-state index is 6.09. The monoisotopic (exact) mass is 278 g/mol. The second-order valence-corrected chi connectivity index (χ2v) is 6.42. The minimum absolute atomic E-state index is 0.828. The zero-order valence-corrected chi connectivity index (χ0v) is 12.2. The van der Waals surface area contributed by atoms with Gasteiger partial charge in [0.15, 0.2) is 0 Å². The Hall–Kier alpha value is -0.570. The van der Waals surface area contributed by atoms with Gasteiger partial charge in [0.05, 0.1) is 0 Å². The molecule has 0 atom stereocenters. The summed E-state index contributed by atoms with van der Waals surface area (Å²) < 4.78 is 0. The van der Waals surface area contributed by atoms with Gasteiger partial charge in [0.2, 0.25) is 0 Å². The van der Waals surface area contributed by atoms with E-state index in [-0.39, 0.29) is 0 Å². The Bertz CT molecular complexity index is 411. The lowest BCUT2D eigenvalue weighted by molar-refractivity contribution is 0.190. The summed E-state index contributed by atoms with van der Waals surface area (Å²) in [5.74, 6) is 0.876. The molecule has 3 rings (SSSR count). The van der Waals surface area contributed by atoms with Gasteiger partial charge in [0.1, 0.15) is 0 Å². The number of rotatable bonds is 5. The Morgan fingerprint density at radius 2 is 1.95 bits per heavy atom. The Morgan fingerprint density at radius 1 is 1.16 bits per heavy atom. The van der Waals surface area contributed by atoms with Crippen LogP contribution < -0.4 is 5.32 Å². The topological polar surface area (TPSA) is 15.3 Å². The van der Waals surface area contributed by atoms with Crippen molar-refractivity contribution in [1.29, 1.82) is 0 Å². The molecule has 104 valence electrons. The Kier molecular flexibility index (Phi) is 4.42. The van der Waals surface area contributed by atoms with Crippen LogP contribution in [0.2, 0.25) is 5.02 Å². The third kappa shape index (κ3) is 3.95. The molecule has 1 N–H and O–H groups in total. The number of piperidine rings is 1. The predicted octanol–water partition coefficient (Wildman–Crippen LogP) is 3.30. The van der Waals surface area contributed by atoms with Crippen LogP contribution in [0.1, 0.15) is 31.2 Å².